The summed E-state index contributed by atoms with van der Waals surface area (Å²) in [5, 5.41) is 12.7. The maximum absolute atomic E-state index is 16.2. The van der Waals surface area contributed by atoms with Crippen LogP contribution in [0.15, 0.2) is 90.9 Å². The summed E-state index contributed by atoms with van der Waals surface area (Å²) in [5.41, 5.74) is 14.0. The summed E-state index contributed by atoms with van der Waals surface area (Å²) in [4.78, 5) is 51.4. The molecule has 5 fully saturated rings. The number of phenols is 1. The molecule has 1 spiro atoms. The smallest absolute Gasteiger partial charge is 0.234 e. The van der Waals surface area contributed by atoms with E-state index in [1.165, 1.54) is 6.20 Å². The number of nitrogens with two attached hydrogens (primary N) is 2. The number of carbonyl (C=O) groups is 3. The van der Waals surface area contributed by atoms with Gasteiger partial charge in [0.1, 0.15) is 17.2 Å². The number of halogens is 1. The lowest BCUT2D eigenvalue weighted by atomic mass is 9.67. The van der Waals surface area contributed by atoms with E-state index in [4.69, 9.17) is 11.5 Å². The topological polar surface area (TPSA) is 161 Å². The number of pyridine rings is 1. The van der Waals surface area contributed by atoms with Gasteiger partial charge in [-0.15, -0.1) is 0 Å². The first-order chi connectivity index (χ1) is 27.0. The summed E-state index contributed by atoms with van der Waals surface area (Å²) in [6.07, 6.45) is 7.86. The number of benzene rings is 2. The first-order valence-corrected chi connectivity index (χ1v) is 19.7. The molecule has 1 unspecified atom stereocenters. The quantitative estimate of drug-likeness (QED) is 0.187. The third-order valence-electron chi connectivity index (χ3n) is 12.8. The Morgan fingerprint density at radius 3 is 2.25 bits per heavy atom. The second-order valence-electron chi connectivity index (χ2n) is 16.5. The van der Waals surface area contributed by atoms with E-state index in [2.05, 4.69) is 37.1 Å². The van der Waals surface area contributed by atoms with Crippen LogP contribution < -0.4 is 21.7 Å². The minimum Gasteiger partial charge on any atom is -0.507 e. The average Bonchev–Trinajstić information content (AvgIpc) is 3.18. The molecule has 12 nitrogen and oxygen atoms in total. The Hall–Kier alpha value is -5.43. The van der Waals surface area contributed by atoms with Gasteiger partial charge in [-0.3, -0.25) is 24.6 Å². The van der Waals surface area contributed by atoms with Crippen LogP contribution in [0.5, 0.6) is 5.75 Å². The molecule has 2 aromatic carbocycles. The number of nitrogens with one attached hydrogen (secondary N) is 1. The molecule has 8 rings (SSSR count). The van der Waals surface area contributed by atoms with Crippen LogP contribution >= 0.6 is 0 Å². The van der Waals surface area contributed by atoms with Crippen LogP contribution in [0.1, 0.15) is 61.1 Å². The fraction of sp³-hybridized carbons (Fsp3) is 0.442. The van der Waals surface area contributed by atoms with Crippen LogP contribution in [0.4, 0.5) is 10.2 Å². The van der Waals surface area contributed by atoms with Gasteiger partial charge < -0.3 is 31.3 Å². The van der Waals surface area contributed by atoms with Gasteiger partial charge in [0.05, 0.1) is 17.0 Å². The number of para-hydroxylation sites is 1. The number of aromatic nitrogens is 1. The summed E-state index contributed by atoms with van der Waals surface area (Å²) in [7, 11) is 0. The van der Waals surface area contributed by atoms with E-state index in [0.717, 1.165) is 35.7 Å². The lowest BCUT2D eigenvalue weighted by molar-refractivity contribution is -0.169. The van der Waals surface area contributed by atoms with Gasteiger partial charge in [-0.2, -0.15) is 0 Å². The highest BCUT2D eigenvalue weighted by atomic mass is 19.1. The van der Waals surface area contributed by atoms with Crippen LogP contribution in [-0.2, 0) is 19.8 Å². The minimum absolute atomic E-state index is 0.0142. The number of rotatable bonds is 9. The zero-order valence-electron chi connectivity index (χ0n) is 31.7. The number of hydrogen-bond donors (Lipinski definition) is 4. The number of nitrogens with zero attached hydrogens (tertiary/aromatic N) is 5. The maximum Gasteiger partial charge on any atom is 0.234 e. The SMILES string of the molecule is N/C=C(\C=C(/N)c1ccccc1O)N1CCC(C(=O)N2CC3(CN(CC4(F)CCN(c5ccc(C6CCC(=O)NC6=O)cn5)CC4)C3)C2)(c2ccccc2)CC1. The van der Waals surface area contributed by atoms with E-state index in [1.54, 1.807) is 30.5 Å². The van der Waals surface area contributed by atoms with Crippen LogP contribution in [-0.4, -0.2) is 107 Å². The first-order valence-electron chi connectivity index (χ1n) is 19.7. The third kappa shape index (κ3) is 7.20. The average molecular weight is 763 g/mol. The van der Waals surface area contributed by atoms with Gasteiger partial charge in [0.2, 0.25) is 17.7 Å². The molecule has 5 saturated heterocycles. The molecule has 0 aliphatic carbocycles. The van der Waals surface area contributed by atoms with Crippen LogP contribution in [0.25, 0.3) is 5.70 Å². The van der Waals surface area contributed by atoms with Gasteiger partial charge >= 0.3 is 0 Å². The second-order valence-corrected chi connectivity index (χ2v) is 16.5. The van der Waals surface area contributed by atoms with Crippen molar-refractivity contribution < 1.29 is 23.9 Å². The molecule has 1 aromatic heterocycles. The Labute approximate surface area is 327 Å². The van der Waals surface area contributed by atoms with Gasteiger partial charge in [0, 0.05) is 107 Å². The minimum atomic E-state index is -1.28. The van der Waals surface area contributed by atoms with E-state index in [-0.39, 0.29) is 34.8 Å². The summed E-state index contributed by atoms with van der Waals surface area (Å²) in [6.45, 7) is 5.68. The highest BCUT2D eigenvalue weighted by Gasteiger charge is 2.57. The number of amides is 3. The lowest BCUT2D eigenvalue weighted by Gasteiger charge is -2.62. The van der Waals surface area contributed by atoms with E-state index in [9.17, 15) is 19.5 Å². The summed E-state index contributed by atoms with van der Waals surface area (Å²) in [6, 6.07) is 20.8. The van der Waals surface area contributed by atoms with Crippen LogP contribution in [0.3, 0.4) is 0 Å². The van der Waals surface area contributed by atoms with Crippen LogP contribution in [0.2, 0.25) is 0 Å². The monoisotopic (exact) mass is 762 g/mol. The highest BCUT2D eigenvalue weighted by Crippen LogP contribution is 2.46. The maximum atomic E-state index is 16.2. The number of phenolic OH excluding ortho intramolecular Hbond substituents is 1. The molecular formula is C43H51FN8O4. The van der Waals surface area contributed by atoms with E-state index in [0.29, 0.717) is 95.6 Å². The van der Waals surface area contributed by atoms with Gasteiger partial charge in [-0.1, -0.05) is 48.5 Å². The highest BCUT2D eigenvalue weighted by molar-refractivity contribution is 6.00. The van der Waals surface area contributed by atoms with Gasteiger partial charge in [-0.25, -0.2) is 9.37 Å². The number of carbonyl (C=O) groups excluding carboxylic acids is 3. The molecule has 6 N–H and O–H groups in total. The largest absolute Gasteiger partial charge is 0.507 e. The predicted molar refractivity (Wildman–Crippen MR) is 212 cm³/mol. The molecule has 5 aliphatic rings. The molecule has 0 bridgehead atoms. The van der Waals surface area contributed by atoms with Crippen molar-refractivity contribution in [3.63, 3.8) is 0 Å². The van der Waals surface area contributed by atoms with E-state index >= 15 is 4.39 Å². The van der Waals surface area contributed by atoms with E-state index in [1.807, 2.05) is 41.3 Å². The van der Waals surface area contributed by atoms with Crippen molar-refractivity contribution >= 4 is 29.2 Å². The molecule has 1 atom stereocenters. The Morgan fingerprint density at radius 2 is 1.61 bits per heavy atom. The third-order valence-corrected chi connectivity index (χ3v) is 12.8. The number of anilines is 1. The predicted octanol–water partition coefficient (Wildman–Crippen LogP) is 3.59. The van der Waals surface area contributed by atoms with Crippen molar-refractivity contribution in [3.8, 4) is 5.75 Å². The van der Waals surface area contributed by atoms with Gasteiger partial charge in [0.15, 0.2) is 0 Å². The second kappa shape index (κ2) is 14.9. The normalized spacial score (nSPS) is 23.7. The fourth-order valence-corrected chi connectivity index (χ4v) is 9.65. The zero-order valence-corrected chi connectivity index (χ0v) is 31.7. The van der Waals surface area contributed by atoms with Gasteiger partial charge in [0.25, 0.3) is 0 Å². The summed E-state index contributed by atoms with van der Waals surface area (Å²) in [5.74, 6) is 0.128. The fourth-order valence-electron chi connectivity index (χ4n) is 9.65. The molecule has 3 aromatic rings. The van der Waals surface area contributed by atoms with Crippen LogP contribution in [0, 0.1) is 5.41 Å². The van der Waals surface area contributed by atoms with Gasteiger partial charge in [-0.05, 0) is 54.7 Å². The van der Waals surface area contributed by atoms with E-state index < -0.39 is 11.1 Å². The Morgan fingerprint density at radius 1 is 0.911 bits per heavy atom. The molecule has 5 aliphatic heterocycles. The number of alkyl halides is 1. The van der Waals surface area contributed by atoms with Crippen molar-refractivity contribution in [1.82, 2.24) is 25.0 Å². The number of likely N-dealkylation sites (tertiary alicyclic amines) is 3. The zero-order chi connectivity index (χ0) is 39.1. The van der Waals surface area contributed by atoms with Crippen molar-refractivity contribution in [2.45, 2.75) is 55.5 Å². The molecule has 3 amide bonds. The Balaban J connectivity index is 0.837. The van der Waals surface area contributed by atoms with Crippen molar-refractivity contribution in [1.29, 1.82) is 0 Å². The standard InChI is InChI=1S/C43H51FN8O4/c44-42(14-18-51(19-15-42)37-12-10-30(24-47-37)33-11-13-38(54)48-39(33)55)29-49-25-41(26-49)27-52(28-41)40(56)43(31-6-2-1-3-7-31)16-20-50(21-17-43)32(23-45)22-35(46)34-8-4-5-9-36(34)53/h1-10,12,22-24,33,53H,11,13-21,25-29,45-46H2,(H,48,54,55)/b32-23+,35-22-. The van der Waals surface area contributed by atoms with Crippen molar-refractivity contribution in [2.75, 3.05) is 63.8 Å². The number of allylic oxidation sites excluding steroid dienone is 1. The molecule has 294 valence electrons. The number of aromatic hydroxyl groups is 1. The Kier molecular flexibility index (Phi) is 9.98. The molecule has 56 heavy (non-hydrogen) atoms. The number of piperidine rings is 3. The number of hydrogen-bond acceptors (Lipinski definition) is 10. The lowest BCUT2D eigenvalue weighted by Crippen LogP contribution is -2.75. The number of imide groups is 1. The molecule has 0 radical (unpaired) electrons. The Bertz CT molecular complexity index is 2010. The first kappa shape index (κ1) is 37.5. The molecule has 13 heteroatoms. The van der Waals surface area contributed by atoms with Crippen molar-refractivity contribution in [2.24, 2.45) is 16.9 Å². The molecule has 0 saturated carbocycles. The molecular weight excluding hydrogens is 712 g/mol. The summed E-state index contributed by atoms with van der Waals surface area (Å²) >= 11 is 0. The molecule has 6 heterocycles. The van der Waals surface area contributed by atoms with Crippen molar-refractivity contribution in [3.05, 3.63) is 108 Å². The summed E-state index contributed by atoms with van der Waals surface area (Å²) < 4.78 is 16.2.